The zero-order valence-electron chi connectivity index (χ0n) is 10.6. The van der Waals surface area contributed by atoms with E-state index in [1.165, 1.54) is 0 Å². The lowest BCUT2D eigenvalue weighted by molar-refractivity contribution is 0.336. The third-order valence-electron chi connectivity index (χ3n) is 2.58. The van der Waals surface area contributed by atoms with E-state index >= 15 is 0 Å². The van der Waals surface area contributed by atoms with Gasteiger partial charge in [-0.15, -0.1) is 0 Å². The van der Waals surface area contributed by atoms with Crippen molar-refractivity contribution in [3.05, 3.63) is 35.4 Å². The van der Waals surface area contributed by atoms with Gasteiger partial charge in [-0.25, -0.2) is 8.78 Å². The number of hydrogen-bond acceptors (Lipinski definition) is 2. The third kappa shape index (κ3) is 4.40. The van der Waals surface area contributed by atoms with Crippen LogP contribution in [0.15, 0.2) is 18.2 Å². The minimum Gasteiger partial charge on any atom is -0.313 e. The van der Waals surface area contributed by atoms with Gasteiger partial charge in [0, 0.05) is 12.6 Å². The van der Waals surface area contributed by atoms with Gasteiger partial charge in [-0.2, -0.15) is 0 Å². The van der Waals surface area contributed by atoms with E-state index in [1.54, 1.807) is 12.1 Å². The van der Waals surface area contributed by atoms with Crippen LogP contribution in [0.25, 0.3) is 0 Å². The van der Waals surface area contributed by atoms with Gasteiger partial charge >= 0.3 is 0 Å². The molecule has 2 nitrogen and oxygen atoms in total. The lowest BCUT2D eigenvalue weighted by atomic mass is 10.0. The number of halogens is 2. The summed E-state index contributed by atoms with van der Waals surface area (Å²) in [6.45, 7) is 3.61. The number of nitrogens with zero attached hydrogens (tertiary/aromatic N) is 1. The smallest absolute Gasteiger partial charge is 0.162 e. The third-order valence-corrected chi connectivity index (χ3v) is 2.58. The van der Waals surface area contributed by atoms with Crippen LogP contribution < -0.4 is 5.32 Å². The van der Waals surface area contributed by atoms with Crippen LogP contribution in [-0.2, 0) is 6.42 Å². The van der Waals surface area contributed by atoms with E-state index in [0.717, 1.165) is 19.2 Å². The predicted molar refractivity (Wildman–Crippen MR) is 66.1 cm³/mol. The normalized spacial score (nSPS) is 13.1. The summed E-state index contributed by atoms with van der Waals surface area (Å²) in [6.07, 6.45) is 0.496. The van der Waals surface area contributed by atoms with Crippen molar-refractivity contribution < 1.29 is 8.78 Å². The highest BCUT2D eigenvalue weighted by Gasteiger charge is 2.14. The molecule has 0 bridgehead atoms. The largest absolute Gasteiger partial charge is 0.313 e. The number of likely N-dealkylation sites (N-methyl/N-ethyl adjacent to an activating group) is 2. The molecule has 1 N–H and O–H groups in total. The second-order valence-corrected chi connectivity index (χ2v) is 4.43. The van der Waals surface area contributed by atoms with E-state index in [9.17, 15) is 8.78 Å². The summed E-state index contributed by atoms with van der Waals surface area (Å²) in [4.78, 5) is 2.03. The Morgan fingerprint density at radius 3 is 2.59 bits per heavy atom. The van der Waals surface area contributed by atoms with E-state index in [4.69, 9.17) is 0 Å². The molecular formula is C13H20F2N2. The molecule has 1 unspecified atom stereocenters. The number of nitrogens with one attached hydrogen (secondary N) is 1. The maximum absolute atomic E-state index is 13.5. The second-order valence-electron chi connectivity index (χ2n) is 4.43. The summed E-state index contributed by atoms with van der Waals surface area (Å²) in [5.41, 5.74) is 0.429. The van der Waals surface area contributed by atoms with E-state index in [2.05, 4.69) is 5.32 Å². The fourth-order valence-corrected chi connectivity index (χ4v) is 1.90. The van der Waals surface area contributed by atoms with E-state index in [-0.39, 0.29) is 6.04 Å². The van der Waals surface area contributed by atoms with Crippen molar-refractivity contribution in [3.63, 3.8) is 0 Å². The first-order chi connectivity index (χ1) is 8.04. The maximum Gasteiger partial charge on any atom is 0.162 e. The first-order valence-electron chi connectivity index (χ1n) is 5.85. The number of rotatable bonds is 6. The molecule has 0 fully saturated rings. The van der Waals surface area contributed by atoms with Gasteiger partial charge in [0.25, 0.3) is 0 Å². The Bertz CT molecular complexity index is 353. The first kappa shape index (κ1) is 14.1. The highest BCUT2D eigenvalue weighted by molar-refractivity contribution is 5.20. The maximum atomic E-state index is 13.5. The molecule has 1 aromatic rings. The highest BCUT2D eigenvalue weighted by atomic mass is 19.2. The van der Waals surface area contributed by atoms with Crippen molar-refractivity contribution in [1.29, 1.82) is 0 Å². The Balaban J connectivity index is 2.74. The molecule has 0 radical (unpaired) electrons. The van der Waals surface area contributed by atoms with Crippen LogP contribution in [0.5, 0.6) is 0 Å². The predicted octanol–water partition coefficient (Wildman–Crippen LogP) is 2.05. The molecule has 4 heteroatoms. The first-order valence-corrected chi connectivity index (χ1v) is 5.85. The van der Waals surface area contributed by atoms with Crippen LogP contribution in [0, 0.1) is 11.6 Å². The molecule has 17 heavy (non-hydrogen) atoms. The monoisotopic (exact) mass is 242 g/mol. The summed E-state index contributed by atoms with van der Waals surface area (Å²) in [7, 11) is 3.93. The molecule has 0 heterocycles. The lowest BCUT2D eigenvalue weighted by Gasteiger charge is -2.22. The van der Waals surface area contributed by atoms with E-state index in [0.29, 0.717) is 12.0 Å². The molecule has 96 valence electrons. The minimum atomic E-state index is -0.775. The number of hydrogen-bond donors (Lipinski definition) is 1. The SMILES string of the molecule is CCNC(Cc1cccc(F)c1F)CN(C)C. The Morgan fingerprint density at radius 1 is 1.29 bits per heavy atom. The molecule has 1 aromatic carbocycles. The lowest BCUT2D eigenvalue weighted by Crippen LogP contribution is -2.39. The van der Waals surface area contributed by atoms with Gasteiger partial charge < -0.3 is 10.2 Å². The molecule has 0 spiro atoms. The average molecular weight is 242 g/mol. The van der Waals surface area contributed by atoms with Crippen molar-refractivity contribution in [2.45, 2.75) is 19.4 Å². The van der Waals surface area contributed by atoms with Gasteiger partial charge in [0.1, 0.15) is 0 Å². The Kier molecular flexibility index (Phi) is 5.51. The van der Waals surface area contributed by atoms with Crippen molar-refractivity contribution in [2.75, 3.05) is 27.2 Å². The van der Waals surface area contributed by atoms with Gasteiger partial charge in [-0.3, -0.25) is 0 Å². The molecule has 0 saturated heterocycles. The van der Waals surface area contributed by atoms with Crippen LogP contribution >= 0.6 is 0 Å². The Labute approximate surface area is 102 Å². The topological polar surface area (TPSA) is 15.3 Å². The minimum absolute atomic E-state index is 0.131. The van der Waals surface area contributed by atoms with Crippen molar-refractivity contribution >= 4 is 0 Å². The summed E-state index contributed by atoms with van der Waals surface area (Å²) in [5.74, 6) is -1.50. The van der Waals surface area contributed by atoms with Gasteiger partial charge in [-0.1, -0.05) is 19.1 Å². The fraction of sp³-hybridized carbons (Fsp3) is 0.538. The zero-order valence-corrected chi connectivity index (χ0v) is 10.6. The van der Waals surface area contributed by atoms with E-state index in [1.807, 2.05) is 25.9 Å². The van der Waals surface area contributed by atoms with E-state index < -0.39 is 11.6 Å². The van der Waals surface area contributed by atoms with Crippen molar-refractivity contribution in [1.82, 2.24) is 10.2 Å². The Morgan fingerprint density at radius 2 is 2.00 bits per heavy atom. The molecule has 0 aliphatic carbocycles. The summed E-state index contributed by atoms with van der Waals surface area (Å²) in [6, 6.07) is 4.46. The van der Waals surface area contributed by atoms with Crippen LogP contribution in [0.2, 0.25) is 0 Å². The highest BCUT2D eigenvalue weighted by Crippen LogP contribution is 2.13. The van der Waals surface area contributed by atoms with Crippen molar-refractivity contribution in [3.8, 4) is 0 Å². The molecule has 1 atom stereocenters. The second kappa shape index (κ2) is 6.67. The standard InChI is InChI=1S/C13H20F2N2/c1-4-16-11(9-17(2)3)8-10-6-5-7-12(14)13(10)15/h5-7,11,16H,4,8-9H2,1-3H3. The molecule has 0 amide bonds. The summed E-state index contributed by atoms with van der Waals surface area (Å²) in [5, 5.41) is 3.28. The van der Waals surface area contributed by atoms with Gasteiger partial charge in [0.2, 0.25) is 0 Å². The molecule has 0 aliphatic rings. The van der Waals surface area contributed by atoms with Crippen molar-refractivity contribution in [2.24, 2.45) is 0 Å². The van der Waals surface area contributed by atoms with Crippen LogP contribution in [0.4, 0.5) is 8.78 Å². The van der Waals surface area contributed by atoms with Crippen LogP contribution in [0.3, 0.4) is 0 Å². The number of benzene rings is 1. The summed E-state index contributed by atoms with van der Waals surface area (Å²) < 4.78 is 26.6. The molecule has 0 aliphatic heterocycles. The quantitative estimate of drug-likeness (QED) is 0.821. The molecule has 0 saturated carbocycles. The molecule has 1 rings (SSSR count). The van der Waals surface area contributed by atoms with Gasteiger partial charge in [0.05, 0.1) is 0 Å². The molecule has 0 aromatic heterocycles. The zero-order chi connectivity index (χ0) is 12.8. The average Bonchev–Trinajstić information content (AvgIpc) is 2.24. The summed E-state index contributed by atoms with van der Waals surface area (Å²) >= 11 is 0. The fourth-order valence-electron chi connectivity index (χ4n) is 1.90. The van der Waals surface area contributed by atoms with Crippen LogP contribution in [0.1, 0.15) is 12.5 Å². The van der Waals surface area contributed by atoms with Gasteiger partial charge in [-0.05, 0) is 38.7 Å². The van der Waals surface area contributed by atoms with Gasteiger partial charge in [0.15, 0.2) is 11.6 Å². The molecular weight excluding hydrogens is 222 g/mol. The van der Waals surface area contributed by atoms with Crippen LogP contribution in [-0.4, -0.2) is 38.1 Å². The Hall–Kier alpha value is -1.00.